The number of carbonyl (C=O) groups is 1. The van der Waals surface area contributed by atoms with Crippen LogP contribution in [0.2, 0.25) is 0 Å². The first kappa shape index (κ1) is 19.1. The third-order valence-electron chi connectivity index (χ3n) is 5.10. The highest BCUT2D eigenvalue weighted by molar-refractivity contribution is 7.07. The number of aryl methyl sites for hydroxylation is 1. The van der Waals surface area contributed by atoms with Crippen LogP contribution in [0.3, 0.4) is 0 Å². The number of nitrogens with zero attached hydrogens (tertiary/aromatic N) is 4. The van der Waals surface area contributed by atoms with Gasteiger partial charge in [0.05, 0.1) is 35.2 Å². The lowest BCUT2D eigenvalue weighted by Crippen LogP contribution is -2.39. The fraction of sp³-hybridized carbons (Fsp3) is 0.238. The number of thiazole rings is 1. The average Bonchev–Trinajstić information content (AvgIpc) is 3.20. The van der Waals surface area contributed by atoms with Gasteiger partial charge < -0.3 is 4.74 Å². The van der Waals surface area contributed by atoms with E-state index in [1.807, 2.05) is 50.4 Å². The van der Waals surface area contributed by atoms with Gasteiger partial charge in [-0.25, -0.2) is 9.79 Å². The maximum atomic E-state index is 13.4. The molecule has 0 spiro atoms. The summed E-state index contributed by atoms with van der Waals surface area (Å²) in [6, 6.07) is 8.87. The molecule has 3 heterocycles. The molecular weight excluding hydrogens is 388 g/mol. The third-order valence-corrected chi connectivity index (χ3v) is 6.09. The normalized spacial score (nSPS) is 16.6. The Morgan fingerprint density at radius 3 is 2.59 bits per heavy atom. The van der Waals surface area contributed by atoms with E-state index in [0.29, 0.717) is 20.6 Å². The zero-order valence-electron chi connectivity index (χ0n) is 16.5. The summed E-state index contributed by atoms with van der Waals surface area (Å²) in [6.45, 7) is 3.72. The molecule has 0 N–H and O–H groups in total. The van der Waals surface area contributed by atoms with Crippen LogP contribution >= 0.6 is 11.3 Å². The topological polar surface area (TPSA) is 78.5 Å². The van der Waals surface area contributed by atoms with Crippen molar-refractivity contribution in [3.63, 3.8) is 0 Å². The largest absolute Gasteiger partial charge is 0.466 e. The van der Waals surface area contributed by atoms with Crippen molar-refractivity contribution in [1.29, 1.82) is 0 Å². The van der Waals surface area contributed by atoms with Gasteiger partial charge in [-0.2, -0.15) is 5.10 Å². The van der Waals surface area contributed by atoms with Gasteiger partial charge in [0.2, 0.25) is 0 Å². The van der Waals surface area contributed by atoms with E-state index in [0.717, 1.165) is 16.8 Å². The second kappa shape index (κ2) is 7.29. The van der Waals surface area contributed by atoms with Gasteiger partial charge in [-0.15, -0.1) is 0 Å². The predicted molar refractivity (Wildman–Crippen MR) is 110 cm³/mol. The molecule has 2 aromatic heterocycles. The highest BCUT2D eigenvalue weighted by atomic mass is 32.1. The molecule has 1 aliphatic heterocycles. The van der Waals surface area contributed by atoms with Crippen molar-refractivity contribution in [2.45, 2.75) is 19.9 Å². The fourth-order valence-corrected chi connectivity index (χ4v) is 4.48. The van der Waals surface area contributed by atoms with Gasteiger partial charge in [0.15, 0.2) is 4.80 Å². The summed E-state index contributed by atoms with van der Waals surface area (Å²) in [5.41, 5.74) is 3.39. The Labute approximate surface area is 170 Å². The van der Waals surface area contributed by atoms with Crippen LogP contribution in [0, 0.1) is 6.92 Å². The van der Waals surface area contributed by atoms with Crippen LogP contribution in [0.25, 0.3) is 6.08 Å². The molecular formula is C21H20N4O3S. The van der Waals surface area contributed by atoms with Gasteiger partial charge in [-0.05, 0) is 25.5 Å². The van der Waals surface area contributed by atoms with Gasteiger partial charge >= 0.3 is 5.97 Å². The Morgan fingerprint density at radius 1 is 1.24 bits per heavy atom. The van der Waals surface area contributed by atoms with E-state index >= 15 is 0 Å². The van der Waals surface area contributed by atoms with Crippen molar-refractivity contribution < 1.29 is 9.53 Å². The van der Waals surface area contributed by atoms with E-state index < -0.39 is 12.0 Å². The van der Waals surface area contributed by atoms with Crippen molar-refractivity contribution in [3.05, 3.63) is 84.3 Å². The molecule has 0 amide bonds. The van der Waals surface area contributed by atoms with Gasteiger partial charge in [0.25, 0.3) is 5.56 Å². The van der Waals surface area contributed by atoms with Crippen molar-refractivity contribution >= 4 is 23.4 Å². The summed E-state index contributed by atoms with van der Waals surface area (Å²) < 4.78 is 8.88. The lowest BCUT2D eigenvalue weighted by molar-refractivity contribution is -0.136. The highest BCUT2D eigenvalue weighted by Gasteiger charge is 2.32. The maximum absolute atomic E-state index is 13.4. The number of hydrogen-bond donors (Lipinski definition) is 0. The molecule has 4 rings (SSSR count). The average molecular weight is 408 g/mol. The minimum atomic E-state index is -0.586. The summed E-state index contributed by atoms with van der Waals surface area (Å²) in [5, 5.41) is 4.23. The standard InChI is InChI=1S/C21H20N4O3S/c1-12-17(20(27)28-4)18(14-8-6-5-7-9-14)25-19(26)16(29-21(25)23-12)10-15-11-22-24(3)13(15)2/h5-11,18H,1-4H3/t18-/m1/s1. The number of ether oxygens (including phenoxy) is 1. The van der Waals surface area contributed by atoms with E-state index in [1.54, 1.807) is 22.4 Å². The summed E-state index contributed by atoms with van der Waals surface area (Å²) in [4.78, 5) is 31.0. The smallest absolute Gasteiger partial charge is 0.338 e. The molecule has 0 bridgehead atoms. The lowest BCUT2D eigenvalue weighted by Gasteiger charge is -2.24. The van der Waals surface area contributed by atoms with E-state index in [4.69, 9.17) is 4.74 Å². The highest BCUT2D eigenvalue weighted by Crippen LogP contribution is 2.30. The van der Waals surface area contributed by atoms with Crippen LogP contribution in [-0.2, 0) is 16.6 Å². The molecule has 0 saturated carbocycles. The minimum Gasteiger partial charge on any atom is -0.466 e. The first-order valence-corrected chi connectivity index (χ1v) is 9.88. The van der Waals surface area contributed by atoms with Gasteiger partial charge in [0, 0.05) is 18.3 Å². The first-order valence-electron chi connectivity index (χ1n) is 9.06. The zero-order chi connectivity index (χ0) is 20.7. The number of allylic oxidation sites excluding steroid dienone is 1. The van der Waals surface area contributed by atoms with Crippen LogP contribution < -0.4 is 14.9 Å². The SMILES string of the molecule is COC(=O)C1=C(C)N=c2sc(=Cc3cnn(C)c3C)c(=O)n2[C@@H]1c1ccccc1. The molecule has 0 saturated heterocycles. The number of benzene rings is 1. The molecule has 1 aromatic carbocycles. The van der Waals surface area contributed by atoms with Crippen molar-refractivity contribution in [2.75, 3.05) is 7.11 Å². The van der Waals surface area contributed by atoms with Crippen LogP contribution in [0.5, 0.6) is 0 Å². The number of methoxy groups -OCH3 is 1. The van der Waals surface area contributed by atoms with E-state index in [2.05, 4.69) is 10.1 Å². The number of hydrogen-bond acceptors (Lipinski definition) is 6. The van der Waals surface area contributed by atoms with Crippen LogP contribution in [0.4, 0.5) is 0 Å². The fourth-order valence-electron chi connectivity index (χ4n) is 3.44. The summed E-state index contributed by atoms with van der Waals surface area (Å²) in [5.74, 6) is -0.488. The Kier molecular flexibility index (Phi) is 4.79. The maximum Gasteiger partial charge on any atom is 0.338 e. The molecule has 1 aliphatic rings. The van der Waals surface area contributed by atoms with E-state index in [-0.39, 0.29) is 5.56 Å². The molecule has 8 heteroatoms. The van der Waals surface area contributed by atoms with E-state index in [9.17, 15) is 9.59 Å². The molecule has 1 atom stereocenters. The van der Waals surface area contributed by atoms with Crippen molar-refractivity contribution in [1.82, 2.24) is 14.3 Å². The molecule has 0 aliphatic carbocycles. The van der Waals surface area contributed by atoms with E-state index in [1.165, 1.54) is 18.4 Å². The monoisotopic (exact) mass is 408 g/mol. The minimum absolute atomic E-state index is 0.195. The molecule has 7 nitrogen and oxygen atoms in total. The van der Waals surface area contributed by atoms with Gasteiger partial charge in [-0.3, -0.25) is 14.0 Å². The Hall–Kier alpha value is -3.26. The zero-order valence-corrected chi connectivity index (χ0v) is 17.4. The molecule has 0 fully saturated rings. The third kappa shape index (κ3) is 3.15. The van der Waals surface area contributed by atoms with Gasteiger partial charge in [0.1, 0.15) is 0 Å². The van der Waals surface area contributed by atoms with Crippen molar-refractivity contribution in [3.8, 4) is 0 Å². The summed E-state index contributed by atoms with van der Waals surface area (Å²) >= 11 is 1.30. The number of fused-ring (bicyclic) bond motifs is 1. The molecule has 148 valence electrons. The molecule has 29 heavy (non-hydrogen) atoms. The predicted octanol–water partition coefficient (Wildman–Crippen LogP) is 1.45. The van der Waals surface area contributed by atoms with Crippen LogP contribution in [-0.4, -0.2) is 27.4 Å². The first-order chi connectivity index (χ1) is 13.9. The number of esters is 1. The molecule has 0 unspecified atom stereocenters. The number of rotatable bonds is 3. The van der Waals surface area contributed by atoms with Gasteiger partial charge in [-0.1, -0.05) is 41.7 Å². The van der Waals surface area contributed by atoms with Crippen molar-refractivity contribution in [2.24, 2.45) is 12.0 Å². The van der Waals surface area contributed by atoms with Crippen LogP contribution in [0.1, 0.15) is 29.8 Å². The second-order valence-electron chi connectivity index (χ2n) is 6.79. The van der Waals surface area contributed by atoms with Crippen LogP contribution in [0.15, 0.2) is 57.6 Å². The quantitative estimate of drug-likeness (QED) is 0.615. The Morgan fingerprint density at radius 2 is 1.97 bits per heavy atom. The summed E-state index contributed by atoms with van der Waals surface area (Å²) in [6.07, 6.45) is 3.55. The Bertz CT molecular complexity index is 1310. The molecule has 3 aromatic rings. The molecule has 0 radical (unpaired) electrons. The number of carbonyl (C=O) groups excluding carboxylic acids is 1. The number of aromatic nitrogens is 3. The lowest BCUT2D eigenvalue weighted by atomic mass is 9.96. The summed E-state index contributed by atoms with van der Waals surface area (Å²) in [7, 11) is 3.19. The second-order valence-corrected chi connectivity index (χ2v) is 7.80. The Balaban J connectivity index is 2.00.